The average molecular weight is 190 g/mol. The Morgan fingerprint density at radius 3 is 2.86 bits per heavy atom. The summed E-state index contributed by atoms with van der Waals surface area (Å²) >= 11 is 0. The van der Waals surface area contributed by atoms with Gasteiger partial charge in [0.1, 0.15) is 23.7 Å². The van der Waals surface area contributed by atoms with Gasteiger partial charge in [-0.3, -0.25) is 4.79 Å². The van der Waals surface area contributed by atoms with Crippen LogP contribution in [0.15, 0.2) is 28.9 Å². The van der Waals surface area contributed by atoms with Crippen molar-refractivity contribution in [3.8, 4) is 0 Å². The lowest BCUT2D eigenvalue weighted by molar-refractivity contribution is 0.0697. The Bertz CT molecular complexity index is 510. The molecule has 14 heavy (non-hydrogen) atoms. The molecule has 4 heteroatoms. The predicted molar refractivity (Wildman–Crippen MR) is 48.6 cm³/mol. The summed E-state index contributed by atoms with van der Waals surface area (Å²) in [4.78, 5) is 21.2. The van der Waals surface area contributed by atoms with Crippen LogP contribution in [-0.4, -0.2) is 17.4 Å². The van der Waals surface area contributed by atoms with E-state index in [1.807, 2.05) is 0 Å². The molecule has 1 aromatic heterocycles. The number of benzene rings is 1. The first kappa shape index (κ1) is 8.50. The maximum atomic E-state index is 10.7. The Morgan fingerprint density at radius 2 is 2.21 bits per heavy atom. The van der Waals surface area contributed by atoms with E-state index >= 15 is 0 Å². The van der Waals surface area contributed by atoms with Gasteiger partial charge < -0.3 is 9.52 Å². The normalized spacial score (nSPS) is 10.3. The van der Waals surface area contributed by atoms with E-state index in [4.69, 9.17) is 9.52 Å². The van der Waals surface area contributed by atoms with Gasteiger partial charge in [-0.2, -0.15) is 0 Å². The molecule has 0 aliphatic rings. The van der Waals surface area contributed by atoms with Crippen molar-refractivity contribution in [1.82, 2.24) is 0 Å². The third-order valence-electron chi connectivity index (χ3n) is 1.96. The summed E-state index contributed by atoms with van der Waals surface area (Å²) in [6.07, 6.45) is 1.83. The molecule has 1 heterocycles. The van der Waals surface area contributed by atoms with Gasteiger partial charge in [0.2, 0.25) is 0 Å². The Morgan fingerprint density at radius 1 is 1.43 bits per heavy atom. The quantitative estimate of drug-likeness (QED) is 0.735. The minimum Gasteiger partial charge on any atom is -0.478 e. The van der Waals surface area contributed by atoms with E-state index in [1.54, 1.807) is 12.1 Å². The van der Waals surface area contributed by atoms with Crippen LogP contribution in [0.4, 0.5) is 0 Å². The van der Waals surface area contributed by atoms with Gasteiger partial charge in [0.15, 0.2) is 0 Å². The minimum absolute atomic E-state index is 0.0729. The van der Waals surface area contributed by atoms with E-state index in [0.29, 0.717) is 22.8 Å². The van der Waals surface area contributed by atoms with Crippen LogP contribution in [0.2, 0.25) is 0 Å². The molecule has 1 N–H and O–H groups in total. The third-order valence-corrected chi connectivity index (χ3v) is 1.96. The van der Waals surface area contributed by atoms with E-state index < -0.39 is 5.97 Å². The van der Waals surface area contributed by atoms with Crippen molar-refractivity contribution < 1.29 is 19.1 Å². The van der Waals surface area contributed by atoms with Crippen LogP contribution in [0.5, 0.6) is 0 Å². The summed E-state index contributed by atoms with van der Waals surface area (Å²) in [6.45, 7) is 0. The molecule has 0 saturated carbocycles. The van der Waals surface area contributed by atoms with Crippen LogP contribution in [0, 0.1) is 0 Å². The van der Waals surface area contributed by atoms with E-state index in [2.05, 4.69) is 0 Å². The molecule has 70 valence electrons. The Labute approximate surface area is 78.8 Å². The van der Waals surface area contributed by atoms with Crippen LogP contribution in [0.3, 0.4) is 0 Å². The van der Waals surface area contributed by atoms with Crippen molar-refractivity contribution in [1.29, 1.82) is 0 Å². The first-order valence-corrected chi connectivity index (χ1v) is 3.92. The molecule has 0 fully saturated rings. The number of aromatic carboxylic acids is 1. The molecule has 0 radical (unpaired) electrons. The SMILES string of the molecule is O=Cc1ccc2occ(C(=O)O)c2c1. The maximum absolute atomic E-state index is 10.7. The second-order valence-corrected chi connectivity index (χ2v) is 2.83. The Balaban J connectivity index is 2.75. The second-order valence-electron chi connectivity index (χ2n) is 2.83. The summed E-state index contributed by atoms with van der Waals surface area (Å²) < 4.78 is 5.01. The molecule has 0 aliphatic heterocycles. The third kappa shape index (κ3) is 1.17. The van der Waals surface area contributed by atoms with E-state index in [9.17, 15) is 9.59 Å². The summed E-state index contributed by atoms with van der Waals surface area (Å²) in [7, 11) is 0. The maximum Gasteiger partial charge on any atom is 0.339 e. The number of carbonyl (C=O) groups excluding carboxylic acids is 1. The molecule has 0 bridgehead atoms. The summed E-state index contributed by atoms with van der Waals surface area (Å²) in [5.41, 5.74) is 0.970. The lowest BCUT2D eigenvalue weighted by Gasteiger charge is -1.91. The van der Waals surface area contributed by atoms with Crippen molar-refractivity contribution in [3.05, 3.63) is 35.6 Å². The number of furan rings is 1. The monoisotopic (exact) mass is 190 g/mol. The van der Waals surface area contributed by atoms with Gasteiger partial charge in [0.25, 0.3) is 0 Å². The standard InChI is InChI=1S/C10H6O4/c11-4-6-1-2-9-7(3-6)8(5-14-9)10(12)13/h1-5H,(H,12,13). The van der Waals surface area contributed by atoms with Crippen LogP contribution in [-0.2, 0) is 0 Å². The smallest absolute Gasteiger partial charge is 0.339 e. The highest BCUT2D eigenvalue weighted by Crippen LogP contribution is 2.21. The fourth-order valence-corrected chi connectivity index (χ4v) is 1.29. The number of carbonyl (C=O) groups is 2. The molecule has 4 nitrogen and oxygen atoms in total. The molecule has 1 aromatic carbocycles. The highest BCUT2D eigenvalue weighted by atomic mass is 16.4. The molecule has 2 aromatic rings. The molecule has 2 rings (SSSR count). The molecular formula is C10H6O4. The largest absolute Gasteiger partial charge is 0.478 e. The number of rotatable bonds is 2. The zero-order valence-corrected chi connectivity index (χ0v) is 7.06. The fourth-order valence-electron chi connectivity index (χ4n) is 1.29. The van der Waals surface area contributed by atoms with E-state index in [1.165, 1.54) is 12.3 Å². The number of hydrogen-bond acceptors (Lipinski definition) is 3. The summed E-state index contributed by atoms with van der Waals surface area (Å²) in [6, 6.07) is 4.64. The number of fused-ring (bicyclic) bond motifs is 1. The molecule has 0 unspecified atom stereocenters. The number of aldehydes is 1. The average Bonchev–Trinajstić information content (AvgIpc) is 2.59. The number of hydrogen-bond donors (Lipinski definition) is 1. The first-order chi connectivity index (χ1) is 6.72. The van der Waals surface area contributed by atoms with Crippen molar-refractivity contribution >= 4 is 23.2 Å². The molecule has 0 amide bonds. The lowest BCUT2D eigenvalue weighted by Crippen LogP contribution is -1.93. The molecule has 0 saturated heterocycles. The zero-order chi connectivity index (χ0) is 10.1. The van der Waals surface area contributed by atoms with E-state index in [-0.39, 0.29) is 5.56 Å². The van der Waals surface area contributed by atoms with Crippen LogP contribution < -0.4 is 0 Å². The Hall–Kier alpha value is -2.10. The summed E-state index contributed by atoms with van der Waals surface area (Å²) in [5.74, 6) is -1.06. The first-order valence-electron chi connectivity index (χ1n) is 3.92. The van der Waals surface area contributed by atoms with Crippen molar-refractivity contribution in [2.24, 2.45) is 0 Å². The minimum atomic E-state index is -1.06. The van der Waals surface area contributed by atoms with Gasteiger partial charge in [-0.25, -0.2) is 4.79 Å². The second kappa shape index (κ2) is 2.99. The van der Waals surface area contributed by atoms with Gasteiger partial charge in [-0.1, -0.05) is 0 Å². The van der Waals surface area contributed by atoms with Crippen molar-refractivity contribution in [2.45, 2.75) is 0 Å². The number of carboxylic acid groups (broad SMARTS) is 1. The zero-order valence-electron chi connectivity index (χ0n) is 7.06. The molecule has 0 aliphatic carbocycles. The predicted octanol–water partition coefficient (Wildman–Crippen LogP) is 1.94. The van der Waals surface area contributed by atoms with Gasteiger partial charge in [0, 0.05) is 10.9 Å². The van der Waals surface area contributed by atoms with Crippen LogP contribution >= 0.6 is 0 Å². The Kier molecular flexibility index (Phi) is 1.81. The van der Waals surface area contributed by atoms with Gasteiger partial charge in [-0.05, 0) is 18.2 Å². The highest BCUT2D eigenvalue weighted by molar-refractivity contribution is 6.03. The molecule has 0 atom stereocenters. The van der Waals surface area contributed by atoms with Gasteiger partial charge in [-0.15, -0.1) is 0 Å². The highest BCUT2D eigenvalue weighted by Gasteiger charge is 2.12. The van der Waals surface area contributed by atoms with Crippen LogP contribution in [0.25, 0.3) is 11.0 Å². The van der Waals surface area contributed by atoms with Gasteiger partial charge >= 0.3 is 5.97 Å². The van der Waals surface area contributed by atoms with Crippen LogP contribution in [0.1, 0.15) is 20.7 Å². The lowest BCUT2D eigenvalue weighted by atomic mass is 10.1. The van der Waals surface area contributed by atoms with Crippen molar-refractivity contribution in [2.75, 3.05) is 0 Å². The topological polar surface area (TPSA) is 67.5 Å². The fraction of sp³-hybridized carbons (Fsp3) is 0. The molecule has 0 spiro atoms. The number of carboxylic acids is 1. The van der Waals surface area contributed by atoms with E-state index in [0.717, 1.165) is 0 Å². The molecular weight excluding hydrogens is 184 g/mol. The van der Waals surface area contributed by atoms with Gasteiger partial charge in [0.05, 0.1) is 0 Å². The van der Waals surface area contributed by atoms with Crippen molar-refractivity contribution in [3.63, 3.8) is 0 Å². The summed E-state index contributed by atoms with van der Waals surface area (Å²) in [5, 5.41) is 9.23.